The van der Waals surface area contributed by atoms with Crippen molar-refractivity contribution < 1.29 is 0 Å². The van der Waals surface area contributed by atoms with Crippen molar-refractivity contribution in [3.8, 4) is 44.5 Å². The molecule has 0 heterocycles. The Bertz CT molecular complexity index is 3660. The minimum atomic E-state index is 1.10. The van der Waals surface area contributed by atoms with Crippen LogP contribution in [-0.2, 0) is 0 Å². The molecule has 0 aliphatic rings. The molecule has 0 saturated carbocycles. The third kappa shape index (κ3) is 6.42. The van der Waals surface area contributed by atoms with Crippen LogP contribution in [0.15, 0.2) is 249 Å². The molecule has 0 aliphatic carbocycles. The summed E-state index contributed by atoms with van der Waals surface area (Å²) >= 11 is 0. The van der Waals surface area contributed by atoms with Crippen LogP contribution in [0.5, 0.6) is 0 Å². The normalized spacial score (nSPS) is 11.5. The summed E-state index contributed by atoms with van der Waals surface area (Å²) in [6.07, 6.45) is 0. The van der Waals surface area contributed by atoms with E-state index in [0.29, 0.717) is 0 Å². The minimum absolute atomic E-state index is 1.10. The lowest BCUT2D eigenvalue weighted by atomic mass is 9.84. The van der Waals surface area contributed by atoms with Crippen molar-refractivity contribution in [1.29, 1.82) is 0 Å². The molecule has 0 bridgehead atoms. The molecular weight excluding hydrogens is 759 g/mol. The second-order valence-electron chi connectivity index (χ2n) is 16.4. The van der Waals surface area contributed by atoms with Gasteiger partial charge in [0.15, 0.2) is 0 Å². The average molecular weight is 800 g/mol. The van der Waals surface area contributed by atoms with E-state index in [1.54, 1.807) is 0 Å². The smallest absolute Gasteiger partial charge is 0.0546 e. The summed E-state index contributed by atoms with van der Waals surface area (Å²) in [5, 5.41) is 12.4. The third-order valence-corrected chi connectivity index (χ3v) is 12.8. The van der Waals surface area contributed by atoms with E-state index >= 15 is 0 Å². The molecule has 0 radical (unpaired) electrons. The van der Waals surface area contributed by atoms with Gasteiger partial charge in [0.05, 0.1) is 5.69 Å². The van der Waals surface area contributed by atoms with Gasteiger partial charge in [-0.3, -0.25) is 0 Å². The maximum Gasteiger partial charge on any atom is 0.0546 e. The number of nitrogens with zero attached hydrogens (tertiary/aromatic N) is 1. The van der Waals surface area contributed by atoms with E-state index in [9.17, 15) is 0 Å². The summed E-state index contributed by atoms with van der Waals surface area (Å²) in [5.74, 6) is 0. The summed E-state index contributed by atoms with van der Waals surface area (Å²) in [5.41, 5.74) is 13.0. The Hall–Kier alpha value is -8.26. The Morgan fingerprint density at radius 2 is 0.698 bits per heavy atom. The van der Waals surface area contributed by atoms with Crippen LogP contribution in [0, 0.1) is 0 Å². The van der Waals surface area contributed by atoms with Crippen molar-refractivity contribution in [2.45, 2.75) is 0 Å². The van der Waals surface area contributed by atoms with E-state index in [4.69, 9.17) is 0 Å². The first-order chi connectivity index (χ1) is 31.2. The standard InChI is InChI=1S/C62H41N/c1-3-17-44(18-4-1)61-58-29-14-12-27-55(58)56-37-34-49(40-59(56)62(61)45-19-5-2-6-20-45)47-23-15-24-52(39-47)63(60-41-50-22-9-10-25-53(50)54-26-11-13-28-57(54)60)51-35-32-43(33-36-51)48-31-30-42-16-7-8-21-46(42)38-48/h1-41H. The zero-order valence-electron chi connectivity index (χ0n) is 34.6. The largest absolute Gasteiger partial charge is 0.310 e. The topological polar surface area (TPSA) is 3.24 Å². The molecule has 0 fully saturated rings. The van der Waals surface area contributed by atoms with Crippen molar-refractivity contribution in [2.24, 2.45) is 0 Å². The van der Waals surface area contributed by atoms with Crippen LogP contribution >= 0.6 is 0 Å². The van der Waals surface area contributed by atoms with Gasteiger partial charge < -0.3 is 4.90 Å². The maximum absolute atomic E-state index is 2.44. The monoisotopic (exact) mass is 799 g/mol. The highest BCUT2D eigenvalue weighted by Crippen LogP contribution is 2.47. The fraction of sp³-hybridized carbons (Fsp3) is 0. The van der Waals surface area contributed by atoms with Gasteiger partial charge in [-0.2, -0.15) is 0 Å². The zero-order chi connectivity index (χ0) is 41.7. The van der Waals surface area contributed by atoms with Gasteiger partial charge in [0.25, 0.3) is 0 Å². The van der Waals surface area contributed by atoms with Gasteiger partial charge in [0, 0.05) is 16.8 Å². The lowest BCUT2D eigenvalue weighted by Gasteiger charge is -2.28. The molecule has 63 heavy (non-hydrogen) atoms. The lowest BCUT2D eigenvalue weighted by Crippen LogP contribution is -2.10. The predicted molar refractivity (Wildman–Crippen MR) is 270 cm³/mol. The highest BCUT2D eigenvalue weighted by Gasteiger charge is 2.21. The average Bonchev–Trinajstić information content (AvgIpc) is 3.36. The molecule has 0 atom stereocenters. The molecular formula is C62H41N. The molecule has 0 amide bonds. The Morgan fingerprint density at radius 3 is 1.43 bits per heavy atom. The molecule has 0 spiro atoms. The lowest BCUT2D eigenvalue weighted by molar-refractivity contribution is 1.30. The summed E-state index contributed by atoms with van der Waals surface area (Å²) in [6.45, 7) is 0. The van der Waals surface area contributed by atoms with Crippen LogP contribution in [0.1, 0.15) is 0 Å². The molecule has 0 aliphatic heterocycles. The maximum atomic E-state index is 2.44. The predicted octanol–water partition coefficient (Wildman–Crippen LogP) is 17.6. The Labute approximate surface area is 367 Å². The van der Waals surface area contributed by atoms with Crippen LogP contribution < -0.4 is 4.90 Å². The number of benzene rings is 12. The highest BCUT2D eigenvalue weighted by molar-refractivity contribution is 6.22. The van der Waals surface area contributed by atoms with Gasteiger partial charge in [-0.1, -0.05) is 206 Å². The molecule has 294 valence electrons. The Balaban J connectivity index is 1.06. The quantitative estimate of drug-likeness (QED) is 0.145. The van der Waals surface area contributed by atoms with Crippen molar-refractivity contribution in [3.63, 3.8) is 0 Å². The first kappa shape index (κ1) is 36.6. The summed E-state index contributed by atoms with van der Waals surface area (Å²) < 4.78 is 0. The van der Waals surface area contributed by atoms with Crippen molar-refractivity contribution >= 4 is 70.9 Å². The van der Waals surface area contributed by atoms with E-state index in [0.717, 1.165) is 22.6 Å². The van der Waals surface area contributed by atoms with E-state index in [1.807, 2.05) is 0 Å². The van der Waals surface area contributed by atoms with Gasteiger partial charge in [-0.15, -0.1) is 0 Å². The second-order valence-corrected chi connectivity index (χ2v) is 16.4. The minimum Gasteiger partial charge on any atom is -0.310 e. The first-order valence-corrected chi connectivity index (χ1v) is 21.7. The second kappa shape index (κ2) is 15.3. The number of hydrogen-bond acceptors (Lipinski definition) is 1. The van der Waals surface area contributed by atoms with Gasteiger partial charge in [0.2, 0.25) is 0 Å². The molecule has 12 aromatic rings. The Morgan fingerprint density at radius 1 is 0.206 bits per heavy atom. The van der Waals surface area contributed by atoms with Crippen LogP contribution in [0.2, 0.25) is 0 Å². The van der Waals surface area contributed by atoms with Gasteiger partial charge in [-0.25, -0.2) is 0 Å². The van der Waals surface area contributed by atoms with Crippen molar-refractivity contribution in [1.82, 2.24) is 0 Å². The summed E-state index contributed by atoms with van der Waals surface area (Å²) in [4.78, 5) is 2.44. The zero-order valence-corrected chi connectivity index (χ0v) is 34.6. The molecule has 0 aromatic heterocycles. The van der Waals surface area contributed by atoms with E-state index in [-0.39, 0.29) is 0 Å². The van der Waals surface area contributed by atoms with Crippen LogP contribution in [0.25, 0.3) is 98.4 Å². The number of hydrogen-bond donors (Lipinski definition) is 0. The fourth-order valence-electron chi connectivity index (χ4n) is 9.82. The highest BCUT2D eigenvalue weighted by atomic mass is 15.1. The number of anilines is 3. The fourth-order valence-corrected chi connectivity index (χ4v) is 9.82. The SMILES string of the molecule is c1ccc(-c2c(-c3ccccc3)c3cc(-c4cccc(N(c5ccc(-c6ccc7ccccc7c6)cc5)c5cc6ccccc6c6ccccc56)c4)ccc3c3ccccc23)cc1. The van der Waals surface area contributed by atoms with Gasteiger partial charge >= 0.3 is 0 Å². The molecule has 0 saturated heterocycles. The van der Waals surface area contributed by atoms with Crippen molar-refractivity contribution in [2.75, 3.05) is 4.90 Å². The van der Waals surface area contributed by atoms with Crippen LogP contribution in [0.4, 0.5) is 17.1 Å². The summed E-state index contributed by atoms with van der Waals surface area (Å²) in [6, 6.07) is 91.1. The number of rotatable bonds is 7. The van der Waals surface area contributed by atoms with Crippen LogP contribution in [-0.4, -0.2) is 0 Å². The van der Waals surface area contributed by atoms with Crippen molar-refractivity contribution in [3.05, 3.63) is 249 Å². The first-order valence-electron chi connectivity index (χ1n) is 21.7. The van der Waals surface area contributed by atoms with E-state index in [2.05, 4.69) is 254 Å². The Kier molecular flexibility index (Phi) is 8.90. The molecule has 0 N–H and O–H groups in total. The summed E-state index contributed by atoms with van der Waals surface area (Å²) in [7, 11) is 0. The van der Waals surface area contributed by atoms with E-state index < -0.39 is 0 Å². The van der Waals surface area contributed by atoms with Gasteiger partial charge in [0.1, 0.15) is 0 Å². The van der Waals surface area contributed by atoms with Crippen LogP contribution in [0.3, 0.4) is 0 Å². The molecule has 12 aromatic carbocycles. The van der Waals surface area contributed by atoms with E-state index in [1.165, 1.54) is 92.8 Å². The number of fused-ring (bicyclic) bond motifs is 7. The molecule has 1 nitrogen and oxygen atoms in total. The van der Waals surface area contributed by atoms with Gasteiger partial charge in [-0.05, 0) is 135 Å². The molecule has 1 heteroatoms. The third-order valence-electron chi connectivity index (χ3n) is 12.8. The molecule has 0 unspecified atom stereocenters. The molecule has 12 rings (SSSR count).